The first-order chi connectivity index (χ1) is 13.3. The van der Waals surface area contributed by atoms with Crippen LogP contribution >= 0.6 is 0 Å². The van der Waals surface area contributed by atoms with E-state index in [2.05, 4.69) is 44.5 Å². The van der Waals surface area contributed by atoms with Crippen LogP contribution in [0.25, 0.3) is 10.9 Å². The SMILES string of the molecule is O=C(Nc1ccc2ccn(CCN3CCOCC3)c2c1)NC1CCCCC1. The molecule has 146 valence electrons. The van der Waals surface area contributed by atoms with Gasteiger partial charge in [0, 0.05) is 44.1 Å². The number of carbonyl (C=O) groups excluding carboxylic acids is 1. The number of anilines is 1. The van der Waals surface area contributed by atoms with Gasteiger partial charge in [-0.1, -0.05) is 25.3 Å². The number of hydrogen-bond donors (Lipinski definition) is 2. The molecule has 27 heavy (non-hydrogen) atoms. The molecule has 2 fully saturated rings. The van der Waals surface area contributed by atoms with Crippen LogP contribution < -0.4 is 10.6 Å². The molecule has 0 atom stereocenters. The molecule has 2 aliphatic rings. The fourth-order valence-corrected chi connectivity index (χ4v) is 4.13. The average Bonchev–Trinajstić information content (AvgIpc) is 3.10. The molecular weight excluding hydrogens is 340 g/mol. The van der Waals surface area contributed by atoms with E-state index in [1.165, 1.54) is 30.2 Å². The summed E-state index contributed by atoms with van der Waals surface area (Å²) in [5, 5.41) is 7.33. The van der Waals surface area contributed by atoms with E-state index in [1.54, 1.807) is 0 Å². The molecule has 1 aromatic heterocycles. The van der Waals surface area contributed by atoms with E-state index < -0.39 is 0 Å². The number of benzene rings is 1. The van der Waals surface area contributed by atoms with Crippen LogP contribution in [0.4, 0.5) is 10.5 Å². The molecule has 2 N–H and O–H groups in total. The standard InChI is InChI=1S/C21H30N4O2/c26-21(22-18-4-2-1-3-5-18)23-19-7-6-17-8-9-25(20(17)16-19)11-10-24-12-14-27-15-13-24/h6-9,16,18H,1-5,10-15H2,(H2,22,23,26). The Morgan fingerprint density at radius 2 is 1.89 bits per heavy atom. The molecule has 6 heteroatoms. The number of hydrogen-bond acceptors (Lipinski definition) is 3. The fourth-order valence-electron chi connectivity index (χ4n) is 4.13. The maximum absolute atomic E-state index is 12.3. The summed E-state index contributed by atoms with van der Waals surface area (Å²) in [6.07, 6.45) is 8.05. The third kappa shape index (κ3) is 4.82. The zero-order valence-electron chi connectivity index (χ0n) is 16.0. The highest BCUT2D eigenvalue weighted by Gasteiger charge is 2.16. The minimum Gasteiger partial charge on any atom is -0.379 e. The zero-order chi connectivity index (χ0) is 18.5. The van der Waals surface area contributed by atoms with Crippen molar-refractivity contribution in [2.24, 2.45) is 0 Å². The van der Waals surface area contributed by atoms with E-state index in [0.29, 0.717) is 6.04 Å². The molecule has 1 aliphatic carbocycles. The second-order valence-electron chi connectivity index (χ2n) is 7.67. The van der Waals surface area contributed by atoms with Crippen LogP contribution in [0.1, 0.15) is 32.1 Å². The van der Waals surface area contributed by atoms with Crippen LogP contribution in [-0.4, -0.2) is 54.4 Å². The highest BCUT2D eigenvalue weighted by atomic mass is 16.5. The molecule has 1 saturated heterocycles. The van der Waals surface area contributed by atoms with Gasteiger partial charge < -0.3 is 19.9 Å². The first-order valence-corrected chi connectivity index (χ1v) is 10.2. The van der Waals surface area contributed by atoms with Crippen LogP contribution in [-0.2, 0) is 11.3 Å². The van der Waals surface area contributed by atoms with E-state index in [-0.39, 0.29) is 6.03 Å². The molecule has 0 spiro atoms. The van der Waals surface area contributed by atoms with Crippen LogP contribution in [0.15, 0.2) is 30.5 Å². The van der Waals surface area contributed by atoms with Crippen molar-refractivity contribution in [3.05, 3.63) is 30.5 Å². The molecule has 4 rings (SSSR count). The fraction of sp³-hybridized carbons (Fsp3) is 0.571. The topological polar surface area (TPSA) is 58.5 Å². The van der Waals surface area contributed by atoms with Crippen molar-refractivity contribution >= 4 is 22.6 Å². The number of amides is 2. The van der Waals surface area contributed by atoms with Gasteiger partial charge in [0.25, 0.3) is 0 Å². The summed E-state index contributed by atoms with van der Waals surface area (Å²) in [7, 11) is 0. The van der Waals surface area contributed by atoms with Gasteiger partial charge in [0.15, 0.2) is 0 Å². The number of fused-ring (bicyclic) bond motifs is 1. The van der Waals surface area contributed by atoms with Crippen LogP contribution in [0.2, 0.25) is 0 Å². The molecule has 1 aromatic carbocycles. The molecule has 1 aliphatic heterocycles. The van der Waals surface area contributed by atoms with Gasteiger partial charge >= 0.3 is 6.03 Å². The maximum atomic E-state index is 12.3. The number of carbonyl (C=O) groups is 1. The zero-order valence-corrected chi connectivity index (χ0v) is 16.0. The summed E-state index contributed by atoms with van der Waals surface area (Å²) in [6.45, 7) is 5.64. The van der Waals surface area contributed by atoms with Crippen molar-refractivity contribution in [3.63, 3.8) is 0 Å². The predicted molar refractivity (Wildman–Crippen MR) is 108 cm³/mol. The third-order valence-corrected chi connectivity index (χ3v) is 5.73. The highest BCUT2D eigenvalue weighted by molar-refractivity contribution is 5.93. The van der Waals surface area contributed by atoms with Gasteiger partial charge in [-0.05, 0) is 36.4 Å². The van der Waals surface area contributed by atoms with Gasteiger partial charge in [0.1, 0.15) is 0 Å². The summed E-state index contributed by atoms with van der Waals surface area (Å²) in [6, 6.07) is 8.51. The van der Waals surface area contributed by atoms with Crippen LogP contribution in [0.5, 0.6) is 0 Å². The van der Waals surface area contributed by atoms with E-state index >= 15 is 0 Å². The van der Waals surface area contributed by atoms with E-state index in [1.807, 2.05) is 6.07 Å². The predicted octanol–water partition coefficient (Wildman–Crippen LogP) is 3.43. The molecule has 6 nitrogen and oxygen atoms in total. The lowest BCUT2D eigenvalue weighted by Crippen LogP contribution is -2.39. The van der Waals surface area contributed by atoms with Crippen molar-refractivity contribution in [2.45, 2.75) is 44.7 Å². The molecule has 2 amide bonds. The number of morpholine rings is 1. The minimum absolute atomic E-state index is 0.0901. The summed E-state index contributed by atoms with van der Waals surface area (Å²) >= 11 is 0. The van der Waals surface area contributed by atoms with Gasteiger partial charge in [-0.25, -0.2) is 4.79 Å². The largest absolute Gasteiger partial charge is 0.379 e. The monoisotopic (exact) mass is 370 g/mol. The van der Waals surface area contributed by atoms with Gasteiger partial charge in [-0.15, -0.1) is 0 Å². The number of urea groups is 1. The van der Waals surface area contributed by atoms with Crippen LogP contribution in [0.3, 0.4) is 0 Å². The molecule has 0 unspecified atom stereocenters. The molecule has 2 aromatic rings. The number of nitrogens with one attached hydrogen (secondary N) is 2. The maximum Gasteiger partial charge on any atom is 0.319 e. The lowest BCUT2D eigenvalue weighted by atomic mass is 9.96. The number of nitrogens with zero attached hydrogens (tertiary/aromatic N) is 2. The van der Waals surface area contributed by atoms with E-state index in [4.69, 9.17) is 4.74 Å². The normalized spacial score (nSPS) is 19.3. The molecule has 0 bridgehead atoms. The number of ether oxygens (including phenoxy) is 1. The van der Waals surface area contributed by atoms with Crippen molar-refractivity contribution in [3.8, 4) is 0 Å². The van der Waals surface area contributed by atoms with E-state index in [0.717, 1.165) is 57.9 Å². The lowest BCUT2D eigenvalue weighted by Gasteiger charge is -2.26. The first-order valence-electron chi connectivity index (χ1n) is 10.2. The second-order valence-corrected chi connectivity index (χ2v) is 7.67. The Kier molecular flexibility index (Phi) is 5.94. The van der Waals surface area contributed by atoms with Gasteiger partial charge in [0.05, 0.1) is 18.7 Å². The van der Waals surface area contributed by atoms with E-state index in [9.17, 15) is 4.79 Å². The quantitative estimate of drug-likeness (QED) is 0.848. The Morgan fingerprint density at radius 3 is 2.70 bits per heavy atom. The van der Waals surface area contributed by atoms with Crippen molar-refractivity contribution < 1.29 is 9.53 Å². The molecular formula is C21H30N4O2. The Bertz CT molecular complexity index is 761. The molecule has 0 radical (unpaired) electrons. The van der Waals surface area contributed by atoms with Crippen molar-refractivity contribution in [2.75, 3.05) is 38.2 Å². The van der Waals surface area contributed by atoms with Gasteiger partial charge in [-0.2, -0.15) is 0 Å². The first kappa shape index (κ1) is 18.3. The lowest BCUT2D eigenvalue weighted by molar-refractivity contribution is 0.0365. The Labute approximate surface area is 160 Å². The average molecular weight is 370 g/mol. The second kappa shape index (κ2) is 8.76. The van der Waals surface area contributed by atoms with Crippen LogP contribution in [0, 0.1) is 0 Å². The van der Waals surface area contributed by atoms with Gasteiger partial charge in [0.2, 0.25) is 0 Å². The minimum atomic E-state index is -0.0901. The highest BCUT2D eigenvalue weighted by Crippen LogP contribution is 2.21. The molecule has 1 saturated carbocycles. The third-order valence-electron chi connectivity index (χ3n) is 5.73. The summed E-state index contributed by atoms with van der Waals surface area (Å²) in [4.78, 5) is 14.8. The Morgan fingerprint density at radius 1 is 1.07 bits per heavy atom. The smallest absolute Gasteiger partial charge is 0.319 e. The van der Waals surface area contributed by atoms with Crippen molar-refractivity contribution in [1.29, 1.82) is 0 Å². The van der Waals surface area contributed by atoms with Crippen molar-refractivity contribution in [1.82, 2.24) is 14.8 Å². The van der Waals surface area contributed by atoms with Gasteiger partial charge in [-0.3, -0.25) is 4.90 Å². The Balaban J connectivity index is 1.37. The Hall–Kier alpha value is -2.05. The molecule has 2 heterocycles. The summed E-state index contributed by atoms with van der Waals surface area (Å²) in [5.74, 6) is 0. The number of aromatic nitrogens is 1. The summed E-state index contributed by atoms with van der Waals surface area (Å²) in [5.41, 5.74) is 2.01. The summed E-state index contributed by atoms with van der Waals surface area (Å²) < 4.78 is 7.69. The number of rotatable bonds is 5.